The summed E-state index contributed by atoms with van der Waals surface area (Å²) in [5, 5.41) is 0. The summed E-state index contributed by atoms with van der Waals surface area (Å²) in [6.45, 7) is 4.67. The van der Waals surface area contributed by atoms with E-state index in [1.54, 1.807) is 0 Å². The normalized spacial score (nSPS) is 44.2. The second kappa shape index (κ2) is 4.89. The summed E-state index contributed by atoms with van der Waals surface area (Å²) in [4.78, 5) is 0. The lowest BCUT2D eigenvalue weighted by Crippen LogP contribution is -2.45. The van der Waals surface area contributed by atoms with Crippen molar-refractivity contribution in [2.45, 2.75) is 51.6 Å². The molecule has 0 amide bonds. The Morgan fingerprint density at radius 2 is 1.88 bits per heavy atom. The third-order valence-electron chi connectivity index (χ3n) is 4.69. The molecule has 0 spiro atoms. The average molecular weight is 222 g/mol. The highest BCUT2D eigenvalue weighted by atomic mass is 14.7. The van der Waals surface area contributed by atoms with Crippen molar-refractivity contribution in [3.63, 3.8) is 0 Å². The smallest absolute Gasteiger partial charge is 0.0140 e. The second-order valence-electron chi connectivity index (χ2n) is 6.05. The van der Waals surface area contributed by atoms with Gasteiger partial charge in [-0.15, -0.1) is 0 Å². The van der Waals surface area contributed by atoms with Crippen molar-refractivity contribution in [1.82, 2.24) is 0 Å². The maximum absolute atomic E-state index is 6.29. The van der Waals surface area contributed by atoms with Crippen LogP contribution in [0.1, 0.15) is 39.5 Å². The molecule has 4 N–H and O–H groups in total. The van der Waals surface area contributed by atoms with Gasteiger partial charge in [-0.2, -0.15) is 0 Å². The molecule has 0 aromatic heterocycles. The van der Waals surface area contributed by atoms with E-state index in [2.05, 4.69) is 26.0 Å². The molecule has 0 saturated heterocycles. The number of hydrogen-bond donors (Lipinski definition) is 2. The van der Waals surface area contributed by atoms with Crippen LogP contribution in [-0.4, -0.2) is 12.1 Å². The van der Waals surface area contributed by atoms with Gasteiger partial charge in [0.1, 0.15) is 0 Å². The summed E-state index contributed by atoms with van der Waals surface area (Å²) < 4.78 is 0. The summed E-state index contributed by atoms with van der Waals surface area (Å²) in [7, 11) is 0. The molecule has 0 heterocycles. The third kappa shape index (κ3) is 2.33. The fraction of sp³-hybridized carbons (Fsp3) is 0.857. The Balaban J connectivity index is 2.03. The zero-order valence-electron chi connectivity index (χ0n) is 10.6. The van der Waals surface area contributed by atoms with Gasteiger partial charge in [0.15, 0.2) is 0 Å². The van der Waals surface area contributed by atoms with Crippen LogP contribution in [0.2, 0.25) is 0 Å². The van der Waals surface area contributed by atoms with Gasteiger partial charge in [0.05, 0.1) is 0 Å². The first-order valence-corrected chi connectivity index (χ1v) is 6.77. The minimum atomic E-state index is 0.321. The van der Waals surface area contributed by atoms with E-state index in [1.165, 1.54) is 19.3 Å². The van der Waals surface area contributed by atoms with Gasteiger partial charge in [0.25, 0.3) is 0 Å². The molecule has 2 heteroatoms. The first-order chi connectivity index (χ1) is 7.59. The molecule has 1 fully saturated rings. The molecule has 2 aliphatic rings. The largest absolute Gasteiger partial charge is 0.327 e. The SMILES string of the molecule is CC(C)C1CCC(N)C(C2C=CCC2N)C1. The lowest BCUT2D eigenvalue weighted by Gasteiger charge is -2.40. The first-order valence-electron chi connectivity index (χ1n) is 6.77. The predicted molar refractivity (Wildman–Crippen MR) is 68.9 cm³/mol. The zero-order valence-corrected chi connectivity index (χ0v) is 10.6. The molecule has 0 radical (unpaired) electrons. The van der Waals surface area contributed by atoms with Crippen LogP contribution in [0, 0.1) is 23.7 Å². The Morgan fingerprint density at radius 3 is 2.44 bits per heavy atom. The molecule has 2 nitrogen and oxygen atoms in total. The number of rotatable bonds is 2. The minimum Gasteiger partial charge on any atom is -0.327 e. The molecule has 0 aromatic rings. The Morgan fingerprint density at radius 1 is 1.12 bits per heavy atom. The molecular weight excluding hydrogens is 196 g/mol. The molecule has 0 bridgehead atoms. The lowest BCUT2D eigenvalue weighted by atomic mass is 9.68. The fourth-order valence-corrected chi connectivity index (χ4v) is 3.46. The average Bonchev–Trinajstić information content (AvgIpc) is 2.65. The van der Waals surface area contributed by atoms with Crippen LogP contribution >= 0.6 is 0 Å². The van der Waals surface area contributed by atoms with Crippen LogP contribution < -0.4 is 11.5 Å². The zero-order chi connectivity index (χ0) is 11.7. The van der Waals surface area contributed by atoms with Gasteiger partial charge in [-0.05, 0) is 49.4 Å². The molecule has 1 saturated carbocycles. The van der Waals surface area contributed by atoms with E-state index in [9.17, 15) is 0 Å². The second-order valence-corrected chi connectivity index (χ2v) is 6.05. The maximum Gasteiger partial charge on any atom is 0.0140 e. The van der Waals surface area contributed by atoms with Crippen molar-refractivity contribution >= 4 is 0 Å². The van der Waals surface area contributed by atoms with Gasteiger partial charge in [-0.3, -0.25) is 0 Å². The Labute approximate surface area is 99.5 Å². The van der Waals surface area contributed by atoms with Gasteiger partial charge < -0.3 is 11.5 Å². The standard InChI is InChI=1S/C14H26N2/c1-9(2)10-6-7-14(16)12(8-10)11-4-3-5-13(11)15/h3-4,9-14H,5-8,15-16H2,1-2H3. The highest BCUT2D eigenvalue weighted by Gasteiger charge is 2.37. The molecule has 16 heavy (non-hydrogen) atoms. The number of nitrogens with two attached hydrogens (primary N) is 2. The molecule has 2 aliphatic carbocycles. The summed E-state index contributed by atoms with van der Waals surface area (Å²) in [5.74, 6) is 2.80. The fourth-order valence-electron chi connectivity index (χ4n) is 3.46. The van der Waals surface area contributed by atoms with Crippen molar-refractivity contribution < 1.29 is 0 Å². The van der Waals surface area contributed by atoms with Gasteiger partial charge in [0, 0.05) is 12.1 Å². The van der Waals surface area contributed by atoms with Crippen molar-refractivity contribution in [3.8, 4) is 0 Å². The Kier molecular flexibility index (Phi) is 3.70. The molecule has 5 atom stereocenters. The van der Waals surface area contributed by atoms with E-state index in [0.29, 0.717) is 23.9 Å². The van der Waals surface area contributed by atoms with Crippen molar-refractivity contribution in [3.05, 3.63) is 12.2 Å². The van der Waals surface area contributed by atoms with E-state index in [1.807, 2.05) is 0 Å². The van der Waals surface area contributed by atoms with Crippen LogP contribution in [0.3, 0.4) is 0 Å². The van der Waals surface area contributed by atoms with Crippen LogP contribution in [-0.2, 0) is 0 Å². The Bertz CT molecular complexity index is 259. The summed E-state index contributed by atoms with van der Waals surface area (Å²) >= 11 is 0. The molecule has 92 valence electrons. The van der Waals surface area contributed by atoms with E-state index in [4.69, 9.17) is 11.5 Å². The highest BCUT2D eigenvalue weighted by Crippen LogP contribution is 2.39. The van der Waals surface area contributed by atoms with Gasteiger partial charge in [-0.25, -0.2) is 0 Å². The molecule has 0 aromatic carbocycles. The molecule has 0 aliphatic heterocycles. The topological polar surface area (TPSA) is 52.0 Å². The first kappa shape index (κ1) is 12.1. The lowest BCUT2D eigenvalue weighted by molar-refractivity contribution is 0.149. The number of hydrogen-bond acceptors (Lipinski definition) is 2. The van der Waals surface area contributed by atoms with Gasteiger partial charge in [0.2, 0.25) is 0 Å². The molecular formula is C14H26N2. The van der Waals surface area contributed by atoms with Crippen LogP contribution in [0.15, 0.2) is 12.2 Å². The Hall–Kier alpha value is -0.340. The van der Waals surface area contributed by atoms with Crippen LogP contribution in [0.25, 0.3) is 0 Å². The highest BCUT2D eigenvalue weighted by molar-refractivity contribution is 5.08. The third-order valence-corrected chi connectivity index (χ3v) is 4.69. The van der Waals surface area contributed by atoms with Crippen molar-refractivity contribution in [2.75, 3.05) is 0 Å². The summed E-state index contributed by atoms with van der Waals surface area (Å²) in [6, 6.07) is 0.691. The predicted octanol–water partition coefficient (Wildman–Crippen LogP) is 2.29. The minimum absolute atomic E-state index is 0.321. The quantitative estimate of drug-likeness (QED) is 0.704. The van der Waals surface area contributed by atoms with Gasteiger partial charge in [-0.1, -0.05) is 26.0 Å². The van der Waals surface area contributed by atoms with E-state index < -0.39 is 0 Å². The van der Waals surface area contributed by atoms with Crippen LogP contribution in [0.4, 0.5) is 0 Å². The van der Waals surface area contributed by atoms with Crippen molar-refractivity contribution in [2.24, 2.45) is 35.1 Å². The summed E-state index contributed by atoms with van der Waals surface area (Å²) in [5.41, 5.74) is 12.5. The summed E-state index contributed by atoms with van der Waals surface area (Å²) in [6.07, 6.45) is 9.37. The molecule has 5 unspecified atom stereocenters. The monoisotopic (exact) mass is 222 g/mol. The van der Waals surface area contributed by atoms with Crippen molar-refractivity contribution in [1.29, 1.82) is 0 Å². The van der Waals surface area contributed by atoms with E-state index >= 15 is 0 Å². The van der Waals surface area contributed by atoms with E-state index in [0.717, 1.165) is 18.3 Å². The molecule has 2 rings (SSSR count). The van der Waals surface area contributed by atoms with E-state index in [-0.39, 0.29) is 0 Å². The van der Waals surface area contributed by atoms with Gasteiger partial charge >= 0.3 is 0 Å². The maximum atomic E-state index is 6.29. The van der Waals surface area contributed by atoms with Crippen LogP contribution in [0.5, 0.6) is 0 Å².